The van der Waals surface area contributed by atoms with E-state index in [-0.39, 0.29) is 5.97 Å². The highest BCUT2D eigenvalue weighted by Gasteiger charge is 2.22. The van der Waals surface area contributed by atoms with Crippen molar-refractivity contribution >= 4 is 17.8 Å². The number of cyclic esters (lactones) is 1. The Bertz CT molecular complexity index is 788. The van der Waals surface area contributed by atoms with Crippen LogP contribution < -0.4 is 9.47 Å². The number of benzene rings is 2. The zero-order valence-corrected chi connectivity index (χ0v) is 12.9. The molecule has 23 heavy (non-hydrogen) atoms. The number of carbonyl (C=O) groups is 1. The predicted molar refractivity (Wildman–Crippen MR) is 88.0 cm³/mol. The Kier molecular flexibility index (Phi) is 4.15. The molecule has 0 radical (unpaired) electrons. The van der Waals surface area contributed by atoms with Crippen LogP contribution in [-0.2, 0) is 9.53 Å². The maximum absolute atomic E-state index is 12.1. The van der Waals surface area contributed by atoms with Gasteiger partial charge < -0.3 is 14.2 Å². The lowest BCUT2D eigenvalue weighted by atomic mass is 10.1. The summed E-state index contributed by atoms with van der Waals surface area (Å²) >= 11 is 0. The molecular formula is C19H16O4. The Labute approximate surface area is 134 Å². The minimum Gasteiger partial charge on any atom is -0.497 e. The SMILES string of the molecule is COc1ccc(OC)c(/C=C2/C=C(c3ccccc3)OC2=O)c1. The second kappa shape index (κ2) is 6.40. The highest BCUT2D eigenvalue weighted by atomic mass is 16.5. The first-order valence-electron chi connectivity index (χ1n) is 7.14. The molecule has 2 aromatic carbocycles. The average Bonchev–Trinajstić information content (AvgIpc) is 2.96. The molecule has 4 heteroatoms. The van der Waals surface area contributed by atoms with Crippen LogP contribution in [0.1, 0.15) is 11.1 Å². The van der Waals surface area contributed by atoms with E-state index in [9.17, 15) is 4.79 Å². The highest BCUT2D eigenvalue weighted by Crippen LogP contribution is 2.31. The summed E-state index contributed by atoms with van der Waals surface area (Å²) in [6, 6.07) is 14.9. The Morgan fingerprint density at radius 3 is 2.48 bits per heavy atom. The molecule has 0 aromatic heterocycles. The number of rotatable bonds is 4. The molecular weight excluding hydrogens is 292 g/mol. The van der Waals surface area contributed by atoms with Crippen molar-refractivity contribution in [1.29, 1.82) is 0 Å². The third kappa shape index (κ3) is 3.11. The lowest BCUT2D eigenvalue weighted by Gasteiger charge is -2.07. The smallest absolute Gasteiger partial charge is 0.343 e. The molecule has 0 amide bonds. The van der Waals surface area contributed by atoms with E-state index >= 15 is 0 Å². The normalized spacial score (nSPS) is 15.3. The van der Waals surface area contributed by atoms with E-state index in [0.717, 1.165) is 11.1 Å². The first-order valence-corrected chi connectivity index (χ1v) is 7.14. The molecule has 0 spiro atoms. The standard InChI is InChI=1S/C19H16O4/c1-21-16-8-9-17(22-2)14(11-16)10-15-12-18(23-19(15)20)13-6-4-3-5-7-13/h3-12H,1-2H3/b15-10-. The van der Waals surface area contributed by atoms with Crippen molar-refractivity contribution in [2.45, 2.75) is 0 Å². The topological polar surface area (TPSA) is 44.8 Å². The summed E-state index contributed by atoms with van der Waals surface area (Å²) in [7, 11) is 3.18. The van der Waals surface area contributed by atoms with Gasteiger partial charge in [-0.25, -0.2) is 4.79 Å². The largest absolute Gasteiger partial charge is 0.497 e. The number of carbonyl (C=O) groups excluding carboxylic acids is 1. The van der Waals surface area contributed by atoms with Gasteiger partial charge in [0.15, 0.2) is 0 Å². The van der Waals surface area contributed by atoms with Gasteiger partial charge in [-0.2, -0.15) is 0 Å². The summed E-state index contributed by atoms with van der Waals surface area (Å²) in [6.45, 7) is 0. The predicted octanol–water partition coefficient (Wildman–Crippen LogP) is 3.69. The number of ether oxygens (including phenoxy) is 3. The van der Waals surface area contributed by atoms with E-state index < -0.39 is 0 Å². The van der Waals surface area contributed by atoms with E-state index in [0.29, 0.717) is 22.8 Å². The lowest BCUT2D eigenvalue weighted by Crippen LogP contribution is -1.97. The van der Waals surface area contributed by atoms with Crippen molar-refractivity contribution in [2.24, 2.45) is 0 Å². The molecule has 0 bridgehead atoms. The van der Waals surface area contributed by atoms with Crippen molar-refractivity contribution < 1.29 is 19.0 Å². The van der Waals surface area contributed by atoms with Gasteiger partial charge in [-0.15, -0.1) is 0 Å². The van der Waals surface area contributed by atoms with Gasteiger partial charge in [0.2, 0.25) is 0 Å². The molecule has 0 unspecified atom stereocenters. The van der Waals surface area contributed by atoms with E-state index in [2.05, 4.69) is 0 Å². The number of hydrogen-bond acceptors (Lipinski definition) is 4. The van der Waals surface area contributed by atoms with Crippen molar-refractivity contribution in [3.05, 3.63) is 71.3 Å². The average molecular weight is 308 g/mol. The number of hydrogen-bond donors (Lipinski definition) is 0. The molecule has 1 heterocycles. The monoisotopic (exact) mass is 308 g/mol. The molecule has 1 aliphatic rings. The van der Waals surface area contributed by atoms with Gasteiger partial charge in [-0.1, -0.05) is 30.3 Å². The summed E-state index contributed by atoms with van der Waals surface area (Å²) in [5.41, 5.74) is 2.08. The molecule has 0 saturated carbocycles. The zero-order chi connectivity index (χ0) is 16.2. The third-order valence-corrected chi connectivity index (χ3v) is 3.53. The van der Waals surface area contributed by atoms with Gasteiger partial charge in [0.1, 0.15) is 17.3 Å². The number of esters is 1. The summed E-state index contributed by atoms with van der Waals surface area (Å²) in [5.74, 6) is 1.52. The van der Waals surface area contributed by atoms with Crippen LogP contribution in [0.3, 0.4) is 0 Å². The fourth-order valence-electron chi connectivity index (χ4n) is 2.35. The van der Waals surface area contributed by atoms with Gasteiger partial charge in [0.25, 0.3) is 0 Å². The minimum absolute atomic E-state index is 0.381. The third-order valence-electron chi connectivity index (χ3n) is 3.53. The molecule has 2 aromatic rings. The van der Waals surface area contributed by atoms with Crippen LogP contribution >= 0.6 is 0 Å². The van der Waals surface area contributed by atoms with Crippen LogP contribution in [0.4, 0.5) is 0 Å². The summed E-state index contributed by atoms with van der Waals surface area (Å²) < 4.78 is 15.9. The fraction of sp³-hybridized carbons (Fsp3) is 0.105. The van der Waals surface area contributed by atoms with Gasteiger partial charge in [0.05, 0.1) is 19.8 Å². The maximum Gasteiger partial charge on any atom is 0.343 e. The first-order chi connectivity index (χ1) is 11.2. The van der Waals surface area contributed by atoms with Crippen LogP contribution in [0.25, 0.3) is 11.8 Å². The molecule has 4 nitrogen and oxygen atoms in total. The molecule has 1 aliphatic heterocycles. The Balaban J connectivity index is 1.99. The van der Waals surface area contributed by atoms with Gasteiger partial charge >= 0.3 is 5.97 Å². The molecule has 0 fully saturated rings. The molecule has 116 valence electrons. The number of methoxy groups -OCH3 is 2. The summed E-state index contributed by atoms with van der Waals surface area (Å²) in [5, 5.41) is 0. The second-order valence-electron chi connectivity index (χ2n) is 4.97. The van der Waals surface area contributed by atoms with Crippen LogP contribution in [0.2, 0.25) is 0 Å². The minimum atomic E-state index is -0.381. The molecule has 0 saturated heterocycles. The maximum atomic E-state index is 12.1. The molecule has 3 rings (SSSR count). The van der Waals surface area contributed by atoms with E-state index in [1.807, 2.05) is 36.4 Å². The van der Waals surface area contributed by atoms with Crippen LogP contribution in [0.5, 0.6) is 11.5 Å². The van der Waals surface area contributed by atoms with Crippen molar-refractivity contribution in [3.63, 3.8) is 0 Å². The lowest BCUT2D eigenvalue weighted by molar-refractivity contribution is -0.130. The highest BCUT2D eigenvalue weighted by molar-refractivity contribution is 6.05. The first kappa shape index (κ1) is 14.9. The van der Waals surface area contributed by atoms with Crippen molar-refractivity contribution in [1.82, 2.24) is 0 Å². The van der Waals surface area contributed by atoms with Gasteiger partial charge in [-0.3, -0.25) is 0 Å². The summed E-state index contributed by atoms with van der Waals surface area (Å²) in [4.78, 5) is 12.1. The van der Waals surface area contributed by atoms with Crippen LogP contribution in [-0.4, -0.2) is 20.2 Å². The fourth-order valence-corrected chi connectivity index (χ4v) is 2.35. The van der Waals surface area contributed by atoms with Gasteiger partial charge in [-0.05, 0) is 30.4 Å². The Hall–Kier alpha value is -3.01. The van der Waals surface area contributed by atoms with Gasteiger partial charge in [0, 0.05) is 11.1 Å². The quantitative estimate of drug-likeness (QED) is 0.638. The Morgan fingerprint density at radius 2 is 1.78 bits per heavy atom. The van der Waals surface area contributed by atoms with Crippen molar-refractivity contribution in [2.75, 3.05) is 14.2 Å². The molecule has 0 aliphatic carbocycles. The van der Waals surface area contributed by atoms with Crippen molar-refractivity contribution in [3.8, 4) is 11.5 Å². The van der Waals surface area contributed by atoms with Crippen LogP contribution in [0, 0.1) is 0 Å². The van der Waals surface area contributed by atoms with E-state index in [1.165, 1.54) is 0 Å². The molecule has 0 N–H and O–H groups in total. The Morgan fingerprint density at radius 1 is 1.00 bits per heavy atom. The zero-order valence-electron chi connectivity index (χ0n) is 12.9. The molecule has 0 atom stereocenters. The van der Waals surface area contributed by atoms with Crippen LogP contribution in [0.15, 0.2) is 60.2 Å². The summed E-state index contributed by atoms with van der Waals surface area (Å²) in [6.07, 6.45) is 3.47. The van der Waals surface area contributed by atoms with E-state index in [1.54, 1.807) is 38.5 Å². The second-order valence-corrected chi connectivity index (χ2v) is 4.97. The van der Waals surface area contributed by atoms with E-state index in [4.69, 9.17) is 14.2 Å².